The zero-order chi connectivity index (χ0) is 7.56. The molecular formula is C5H8NO3P. The molecule has 0 unspecified atom stereocenters. The molecule has 1 aliphatic heterocycles. The van der Waals surface area contributed by atoms with Gasteiger partial charge in [-0.15, -0.1) is 0 Å². The van der Waals surface area contributed by atoms with E-state index in [-0.39, 0.29) is 14.7 Å². The second-order valence-electron chi connectivity index (χ2n) is 2.07. The van der Waals surface area contributed by atoms with Crippen molar-refractivity contribution in [2.45, 2.75) is 19.4 Å². The van der Waals surface area contributed by atoms with E-state index in [0.29, 0.717) is 6.61 Å². The van der Waals surface area contributed by atoms with Gasteiger partial charge in [-0.1, -0.05) is 6.92 Å². The van der Waals surface area contributed by atoms with E-state index in [2.05, 4.69) is 4.74 Å². The quantitative estimate of drug-likeness (QED) is 0.575. The number of carbonyl (C=O) groups excluding carboxylic acids is 1. The van der Waals surface area contributed by atoms with Crippen molar-refractivity contribution in [1.82, 2.24) is 4.67 Å². The van der Waals surface area contributed by atoms with Crippen LogP contribution in [0.25, 0.3) is 0 Å². The summed E-state index contributed by atoms with van der Waals surface area (Å²) in [4.78, 5) is 10.7. The molecule has 0 bridgehead atoms. The van der Waals surface area contributed by atoms with Gasteiger partial charge in [0.15, 0.2) is 0 Å². The summed E-state index contributed by atoms with van der Waals surface area (Å²) in [7, 11) is -0.265. The maximum atomic E-state index is 10.7. The molecule has 0 N–H and O–H groups in total. The number of carbonyl (C=O) groups is 1. The van der Waals surface area contributed by atoms with Crippen molar-refractivity contribution in [1.29, 1.82) is 0 Å². The summed E-state index contributed by atoms with van der Waals surface area (Å²) >= 11 is 0. The molecule has 0 spiro atoms. The van der Waals surface area contributed by atoms with Crippen molar-refractivity contribution >= 4 is 14.7 Å². The minimum Gasteiger partial charge on any atom is -0.447 e. The first-order valence-electron chi connectivity index (χ1n) is 3.08. The third-order valence-electron chi connectivity index (χ3n) is 1.49. The number of cyclic esters (lactones) is 1. The molecule has 5 heteroatoms. The van der Waals surface area contributed by atoms with Crippen LogP contribution in [-0.2, 0) is 9.30 Å². The van der Waals surface area contributed by atoms with E-state index in [1.807, 2.05) is 6.92 Å². The Bertz CT molecular complexity index is 161. The van der Waals surface area contributed by atoms with Crippen LogP contribution in [0.1, 0.15) is 13.3 Å². The monoisotopic (exact) mass is 161 g/mol. The molecule has 1 rings (SSSR count). The molecule has 1 saturated heterocycles. The number of nitrogens with zero attached hydrogens (tertiary/aromatic N) is 1. The summed E-state index contributed by atoms with van der Waals surface area (Å²) in [6, 6.07) is -0.00772. The molecule has 1 heterocycles. The molecule has 4 nitrogen and oxygen atoms in total. The summed E-state index contributed by atoms with van der Waals surface area (Å²) in [5.41, 5.74) is 0. The van der Waals surface area contributed by atoms with Crippen molar-refractivity contribution in [3.8, 4) is 0 Å². The standard InChI is InChI=1S/C5H8NO3P/c1-2-4-3-9-5(7)6(4)10-8/h4H,2-3H2,1H3/t4-/m0/s1. The Morgan fingerprint density at radius 3 is 3.00 bits per heavy atom. The van der Waals surface area contributed by atoms with Gasteiger partial charge in [0.2, 0.25) is 0 Å². The zero-order valence-corrected chi connectivity index (χ0v) is 6.51. The second kappa shape index (κ2) is 2.97. The highest BCUT2D eigenvalue weighted by Crippen LogP contribution is 2.21. The molecule has 0 saturated carbocycles. The van der Waals surface area contributed by atoms with E-state index in [1.165, 1.54) is 4.67 Å². The van der Waals surface area contributed by atoms with Crippen LogP contribution < -0.4 is 0 Å². The number of rotatable bonds is 2. The van der Waals surface area contributed by atoms with Gasteiger partial charge in [-0.25, -0.2) is 14.0 Å². The zero-order valence-electron chi connectivity index (χ0n) is 5.61. The Morgan fingerprint density at radius 1 is 1.90 bits per heavy atom. The molecule has 1 aliphatic rings. The van der Waals surface area contributed by atoms with Gasteiger partial charge in [0.05, 0.1) is 6.04 Å². The summed E-state index contributed by atoms with van der Waals surface area (Å²) < 4.78 is 16.1. The molecule has 0 aromatic heterocycles. The van der Waals surface area contributed by atoms with Crippen LogP contribution in [-0.4, -0.2) is 23.4 Å². The topological polar surface area (TPSA) is 46.6 Å². The van der Waals surface area contributed by atoms with Crippen LogP contribution in [0, 0.1) is 0 Å². The Morgan fingerprint density at radius 2 is 2.60 bits per heavy atom. The van der Waals surface area contributed by atoms with Crippen LogP contribution in [0.4, 0.5) is 4.79 Å². The fraction of sp³-hybridized carbons (Fsp3) is 0.800. The highest BCUT2D eigenvalue weighted by atomic mass is 31.1. The predicted molar refractivity (Wildman–Crippen MR) is 34.9 cm³/mol. The highest BCUT2D eigenvalue weighted by molar-refractivity contribution is 7.21. The summed E-state index contributed by atoms with van der Waals surface area (Å²) in [6.07, 6.45) is 0.296. The lowest BCUT2D eigenvalue weighted by molar-refractivity contribution is 0.170. The lowest BCUT2D eigenvalue weighted by Gasteiger charge is -2.08. The van der Waals surface area contributed by atoms with Crippen LogP contribution >= 0.6 is 8.61 Å². The van der Waals surface area contributed by atoms with Gasteiger partial charge in [-0.05, 0) is 6.42 Å². The molecule has 1 atom stereocenters. The summed E-state index contributed by atoms with van der Waals surface area (Å²) in [5, 5.41) is 0. The number of hydrogen-bond acceptors (Lipinski definition) is 3. The van der Waals surface area contributed by atoms with E-state index in [0.717, 1.165) is 6.42 Å². The average Bonchev–Trinajstić information content (AvgIpc) is 2.30. The second-order valence-corrected chi connectivity index (χ2v) is 2.66. The molecule has 0 radical (unpaired) electrons. The van der Waals surface area contributed by atoms with E-state index in [4.69, 9.17) is 0 Å². The SMILES string of the molecule is CC[C@H]1COC(=O)N1P=O. The van der Waals surface area contributed by atoms with Gasteiger partial charge in [-0.3, -0.25) is 0 Å². The average molecular weight is 161 g/mol. The minimum absolute atomic E-state index is 0.00772. The first-order chi connectivity index (χ1) is 4.79. The highest BCUT2D eigenvalue weighted by Gasteiger charge is 2.31. The van der Waals surface area contributed by atoms with Gasteiger partial charge < -0.3 is 4.74 Å². The van der Waals surface area contributed by atoms with Crippen molar-refractivity contribution in [3.05, 3.63) is 0 Å². The van der Waals surface area contributed by atoms with E-state index in [1.54, 1.807) is 0 Å². The third-order valence-corrected chi connectivity index (χ3v) is 2.16. The number of amides is 1. The Balaban J connectivity index is 2.62. The first kappa shape index (κ1) is 7.48. The number of hydrogen-bond donors (Lipinski definition) is 0. The molecule has 10 heavy (non-hydrogen) atoms. The van der Waals surface area contributed by atoms with Crippen molar-refractivity contribution < 1.29 is 14.1 Å². The lowest BCUT2D eigenvalue weighted by atomic mass is 10.3. The Kier molecular flexibility index (Phi) is 2.22. The Labute approximate surface area is 60.4 Å². The molecule has 1 amide bonds. The first-order valence-corrected chi connectivity index (χ1v) is 3.85. The molecule has 0 aliphatic carbocycles. The van der Waals surface area contributed by atoms with Gasteiger partial charge in [-0.2, -0.15) is 0 Å². The van der Waals surface area contributed by atoms with Crippen LogP contribution in [0.2, 0.25) is 0 Å². The molecule has 0 aromatic rings. The molecule has 56 valence electrons. The summed E-state index contributed by atoms with van der Waals surface area (Å²) in [6.45, 7) is 2.29. The van der Waals surface area contributed by atoms with Crippen molar-refractivity contribution in [3.63, 3.8) is 0 Å². The van der Waals surface area contributed by atoms with Gasteiger partial charge in [0, 0.05) is 0 Å². The molecule has 1 fully saturated rings. The summed E-state index contributed by atoms with van der Waals surface area (Å²) in [5.74, 6) is 0. The fourth-order valence-electron chi connectivity index (χ4n) is 0.844. The Hall–Kier alpha value is -0.630. The van der Waals surface area contributed by atoms with Crippen LogP contribution in [0.5, 0.6) is 0 Å². The largest absolute Gasteiger partial charge is 0.447 e. The maximum Gasteiger partial charge on any atom is 0.420 e. The third kappa shape index (κ3) is 1.12. The van der Waals surface area contributed by atoms with Crippen LogP contribution in [0.15, 0.2) is 0 Å². The van der Waals surface area contributed by atoms with E-state index < -0.39 is 6.09 Å². The van der Waals surface area contributed by atoms with Gasteiger partial charge in [0.25, 0.3) is 8.61 Å². The van der Waals surface area contributed by atoms with E-state index in [9.17, 15) is 9.36 Å². The predicted octanol–water partition coefficient (Wildman–Crippen LogP) is 1.42. The van der Waals surface area contributed by atoms with Crippen molar-refractivity contribution in [2.75, 3.05) is 6.61 Å². The maximum absolute atomic E-state index is 10.7. The van der Waals surface area contributed by atoms with E-state index >= 15 is 0 Å². The lowest BCUT2D eigenvalue weighted by Crippen LogP contribution is -2.23. The van der Waals surface area contributed by atoms with Crippen molar-refractivity contribution in [2.24, 2.45) is 0 Å². The number of ether oxygens (including phenoxy) is 1. The van der Waals surface area contributed by atoms with Gasteiger partial charge >= 0.3 is 6.09 Å². The minimum atomic E-state index is -0.483. The van der Waals surface area contributed by atoms with Gasteiger partial charge in [0.1, 0.15) is 6.61 Å². The normalized spacial score (nSPS) is 25.5. The fourth-order valence-corrected chi connectivity index (χ4v) is 1.33. The smallest absolute Gasteiger partial charge is 0.420 e. The van der Waals surface area contributed by atoms with Crippen LogP contribution in [0.3, 0.4) is 0 Å². The molecule has 0 aromatic carbocycles. The molecular weight excluding hydrogens is 153 g/mol.